The van der Waals surface area contributed by atoms with Crippen molar-refractivity contribution >= 4 is 0 Å². The molecule has 3 aromatic rings. The van der Waals surface area contributed by atoms with Gasteiger partial charge in [0.15, 0.2) is 0 Å². The number of benzene rings is 1. The molecule has 1 aliphatic rings. The summed E-state index contributed by atoms with van der Waals surface area (Å²) in [7, 11) is 0. The van der Waals surface area contributed by atoms with Crippen molar-refractivity contribution < 1.29 is 14.0 Å². The summed E-state index contributed by atoms with van der Waals surface area (Å²) >= 11 is 0. The van der Waals surface area contributed by atoms with Crippen molar-refractivity contribution in [1.29, 1.82) is 0 Å². The molecule has 158 valence electrons. The minimum Gasteiger partial charge on any atom is -0.490 e. The summed E-state index contributed by atoms with van der Waals surface area (Å²) in [6, 6.07) is 6.14. The zero-order chi connectivity index (χ0) is 21.3. The van der Waals surface area contributed by atoms with Gasteiger partial charge in [-0.25, -0.2) is 0 Å². The van der Waals surface area contributed by atoms with E-state index in [0.29, 0.717) is 29.9 Å². The van der Waals surface area contributed by atoms with E-state index in [-0.39, 0.29) is 6.10 Å². The zero-order valence-electron chi connectivity index (χ0n) is 18.4. The summed E-state index contributed by atoms with van der Waals surface area (Å²) in [5, 5.41) is 4.21. The normalized spacial score (nSPS) is 15.6. The summed E-state index contributed by atoms with van der Waals surface area (Å²) in [6.07, 6.45) is 4.02. The minimum atomic E-state index is 0.233. The SMILES string of the molecule is CCc1cc(-c2noc(-c3cc(C)c(CC(C)C)cn3)n2)cc(C)c1OCC1CO1. The van der Waals surface area contributed by atoms with E-state index in [4.69, 9.17) is 14.0 Å². The molecule has 1 unspecified atom stereocenters. The third-order valence-electron chi connectivity index (χ3n) is 5.30. The number of pyridine rings is 1. The fraction of sp³-hybridized carbons (Fsp3) is 0.458. The highest BCUT2D eigenvalue weighted by atomic mass is 16.6. The maximum Gasteiger partial charge on any atom is 0.276 e. The first-order valence-corrected chi connectivity index (χ1v) is 10.6. The zero-order valence-corrected chi connectivity index (χ0v) is 18.4. The molecule has 1 aromatic carbocycles. The number of epoxide rings is 1. The van der Waals surface area contributed by atoms with E-state index < -0.39 is 0 Å². The van der Waals surface area contributed by atoms with E-state index >= 15 is 0 Å². The van der Waals surface area contributed by atoms with Gasteiger partial charge in [0.1, 0.15) is 24.2 Å². The molecule has 0 spiro atoms. The molecular weight excluding hydrogens is 378 g/mol. The van der Waals surface area contributed by atoms with Gasteiger partial charge in [0.2, 0.25) is 5.82 Å². The van der Waals surface area contributed by atoms with Gasteiger partial charge in [-0.1, -0.05) is 25.9 Å². The third-order valence-corrected chi connectivity index (χ3v) is 5.30. The smallest absolute Gasteiger partial charge is 0.276 e. The largest absolute Gasteiger partial charge is 0.490 e. The first kappa shape index (κ1) is 20.5. The highest BCUT2D eigenvalue weighted by Gasteiger charge is 2.24. The molecule has 0 amide bonds. The van der Waals surface area contributed by atoms with Crippen LogP contribution in [0.2, 0.25) is 0 Å². The Hall–Kier alpha value is -2.73. The van der Waals surface area contributed by atoms with Crippen molar-refractivity contribution in [2.24, 2.45) is 5.92 Å². The van der Waals surface area contributed by atoms with E-state index in [9.17, 15) is 0 Å². The monoisotopic (exact) mass is 407 g/mol. The van der Waals surface area contributed by atoms with Crippen LogP contribution < -0.4 is 4.74 Å². The Morgan fingerprint density at radius 3 is 2.60 bits per heavy atom. The summed E-state index contributed by atoms with van der Waals surface area (Å²) in [5.74, 6) is 2.52. The summed E-state index contributed by atoms with van der Waals surface area (Å²) in [4.78, 5) is 9.17. The van der Waals surface area contributed by atoms with Gasteiger partial charge in [-0.3, -0.25) is 4.98 Å². The van der Waals surface area contributed by atoms with Gasteiger partial charge >= 0.3 is 0 Å². The van der Waals surface area contributed by atoms with E-state index in [1.54, 1.807) is 0 Å². The summed E-state index contributed by atoms with van der Waals surface area (Å²) in [6.45, 7) is 12.1. The molecule has 0 aliphatic carbocycles. The van der Waals surface area contributed by atoms with Gasteiger partial charge in [-0.05, 0) is 73.1 Å². The Balaban J connectivity index is 1.59. The van der Waals surface area contributed by atoms with Crippen LogP contribution in [0.15, 0.2) is 28.9 Å². The molecule has 1 fully saturated rings. The van der Waals surface area contributed by atoms with Crippen molar-refractivity contribution in [2.75, 3.05) is 13.2 Å². The highest BCUT2D eigenvalue weighted by molar-refractivity contribution is 5.63. The van der Waals surface area contributed by atoms with Crippen LogP contribution in [0.5, 0.6) is 5.75 Å². The van der Waals surface area contributed by atoms with Gasteiger partial charge in [0.05, 0.1) is 6.61 Å². The fourth-order valence-electron chi connectivity index (χ4n) is 3.59. The Morgan fingerprint density at radius 2 is 1.93 bits per heavy atom. The maximum atomic E-state index is 6.00. The van der Waals surface area contributed by atoms with Crippen molar-refractivity contribution in [1.82, 2.24) is 15.1 Å². The molecule has 6 heteroatoms. The Morgan fingerprint density at radius 1 is 1.13 bits per heavy atom. The van der Waals surface area contributed by atoms with Crippen LogP contribution in [0.1, 0.15) is 43.0 Å². The molecule has 0 bridgehead atoms. The molecule has 2 aromatic heterocycles. The lowest BCUT2D eigenvalue weighted by Gasteiger charge is -2.14. The van der Waals surface area contributed by atoms with Crippen LogP contribution >= 0.6 is 0 Å². The van der Waals surface area contributed by atoms with Gasteiger partial charge in [-0.2, -0.15) is 4.98 Å². The van der Waals surface area contributed by atoms with Gasteiger partial charge in [-0.15, -0.1) is 0 Å². The summed E-state index contributed by atoms with van der Waals surface area (Å²) in [5.41, 5.74) is 6.26. The molecule has 1 atom stereocenters. The first-order valence-electron chi connectivity index (χ1n) is 10.6. The van der Waals surface area contributed by atoms with E-state index in [2.05, 4.69) is 48.9 Å². The second kappa shape index (κ2) is 8.56. The predicted molar refractivity (Wildman–Crippen MR) is 116 cm³/mol. The molecule has 1 aliphatic heterocycles. The van der Waals surface area contributed by atoms with Crippen LogP contribution in [0, 0.1) is 19.8 Å². The fourth-order valence-corrected chi connectivity index (χ4v) is 3.59. The van der Waals surface area contributed by atoms with E-state index in [1.165, 1.54) is 11.1 Å². The molecule has 0 N–H and O–H groups in total. The highest BCUT2D eigenvalue weighted by Crippen LogP contribution is 2.31. The van der Waals surface area contributed by atoms with Crippen molar-refractivity contribution in [2.45, 2.75) is 53.6 Å². The molecule has 6 nitrogen and oxygen atoms in total. The number of ether oxygens (including phenoxy) is 2. The first-order chi connectivity index (χ1) is 14.4. The Kier molecular flexibility index (Phi) is 5.86. The van der Waals surface area contributed by atoms with Gasteiger partial charge < -0.3 is 14.0 Å². The quantitative estimate of drug-likeness (QED) is 0.492. The molecule has 30 heavy (non-hydrogen) atoms. The van der Waals surface area contributed by atoms with Gasteiger partial charge in [0.25, 0.3) is 5.89 Å². The van der Waals surface area contributed by atoms with Crippen molar-refractivity contribution in [3.8, 4) is 28.7 Å². The van der Waals surface area contributed by atoms with Crippen LogP contribution in [0.4, 0.5) is 0 Å². The molecule has 4 rings (SSSR count). The second-order valence-corrected chi connectivity index (χ2v) is 8.42. The molecular formula is C24H29N3O3. The van der Waals surface area contributed by atoms with Crippen LogP contribution in [-0.4, -0.2) is 34.4 Å². The average molecular weight is 408 g/mol. The standard InChI is InChI=1S/C24H29N3O3/c1-6-17-10-18(8-16(5)22(17)29-13-20-12-28-20)23-26-24(30-27-23)21-9-15(4)19(11-25-21)7-14(2)3/h8-11,14,20H,6-7,12-13H2,1-5H3. The predicted octanol–water partition coefficient (Wildman–Crippen LogP) is 4.95. The Bertz CT molecular complexity index is 1040. The van der Waals surface area contributed by atoms with Gasteiger partial charge in [0, 0.05) is 11.8 Å². The average Bonchev–Trinajstić information content (AvgIpc) is 3.41. The lowest BCUT2D eigenvalue weighted by atomic mass is 10.0. The van der Waals surface area contributed by atoms with E-state index in [1.807, 2.05) is 25.3 Å². The number of aromatic nitrogens is 3. The topological polar surface area (TPSA) is 73.6 Å². The lowest BCUT2D eigenvalue weighted by molar-refractivity contribution is 0.260. The molecule has 3 heterocycles. The number of aryl methyl sites for hydroxylation is 3. The number of nitrogens with zero attached hydrogens (tertiary/aromatic N) is 3. The number of hydrogen-bond acceptors (Lipinski definition) is 6. The number of rotatable bonds is 8. The van der Waals surface area contributed by atoms with Crippen molar-refractivity contribution in [3.63, 3.8) is 0 Å². The Labute approximate surface area is 177 Å². The molecule has 0 saturated carbocycles. The summed E-state index contributed by atoms with van der Waals surface area (Å²) < 4.78 is 16.8. The maximum absolute atomic E-state index is 6.00. The third kappa shape index (κ3) is 4.54. The number of hydrogen-bond donors (Lipinski definition) is 0. The van der Waals surface area contributed by atoms with Crippen LogP contribution in [-0.2, 0) is 17.6 Å². The van der Waals surface area contributed by atoms with Crippen LogP contribution in [0.3, 0.4) is 0 Å². The van der Waals surface area contributed by atoms with Crippen LogP contribution in [0.25, 0.3) is 23.0 Å². The lowest BCUT2D eigenvalue weighted by Crippen LogP contribution is -2.07. The minimum absolute atomic E-state index is 0.233. The van der Waals surface area contributed by atoms with E-state index in [0.717, 1.165) is 41.9 Å². The van der Waals surface area contributed by atoms with Crippen molar-refractivity contribution in [3.05, 3.63) is 46.6 Å². The molecule has 1 saturated heterocycles. The second-order valence-electron chi connectivity index (χ2n) is 8.42. The molecule has 0 radical (unpaired) electrons.